The lowest BCUT2D eigenvalue weighted by Crippen LogP contribution is -2.08. The zero-order chi connectivity index (χ0) is 40.2. The summed E-state index contributed by atoms with van der Waals surface area (Å²) in [6, 6.07) is 22.6. The molecule has 6 aromatic rings. The standard InChI is InChI=1S/C44H30Cl2N6O6/c45-37-13-29(21-53)41(55-23-27-11-25(15-47)17-49-19-27)51-43(37)57-39-9-7-33-31(3-1-5-35(33)39)32-4-2-6-36-34(32)8-10-40(36)58-44-38(46)14-30(22-54)42(52-44)56-24-28-12-26(16-48)18-50-20-28/h1-6,11-14,17-22,39-40H,7-10,23-24H2/t39-,40-/m0/s1. The van der Waals surface area contributed by atoms with Crippen LogP contribution in [0, 0.1) is 22.7 Å². The number of hydrogen-bond acceptors (Lipinski definition) is 12. The van der Waals surface area contributed by atoms with Gasteiger partial charge < -0.3 is 18.9 Å². The van der Waals surface area contributed by atoms with Crippen molar-refractivity contribution in [3.63, 3.8) is 0 Å². The molecule has 0 saturated carbocycles. The summed E-state index contributed by atoms with van der Waals surface area (Å²) in [6.45, 7) is 0.0640. The van der Waals surface area contributed by atoms with E-state index in [1.165, 1.54) is 24.5 Å². The van der Waals surface area contributed by atoms with Crippen LogP contribution < -0.4 is 18.9 Å². The van der Waals surface area contributed by atoms with Gasteiger partial charge in [-0.1, -0.05) is 59.6 Å². The molecule has 0 unspecified atom stereocenters. The van der Waals surface area contributed by atoms with Crippen LogP contribution in [0.3, 0.4) is 0 Å². The summed E-state index contributed by atoms with van der Waals surface area (Å²) < 4.78 is 24.6. The largest absolute Gasteiger partial charge is 0.472 e. The van der Waals surface area contributed by atoms with Gasteiger partial charge in [0.25, 0.3) is 0 Å². The molecule has 2 aliphatic rings. The van der Waals surface area contributed by atoms with Gasteiger partial charge in [-0.25, -0.2) is 0 Å². The van der Waals surface area contributed by atoms with Crippen LogP contribution in [0.4, 0.5) is 0 Å². The van der Waals surface area contributed by atoms with E-state index in [2.05, 4.69) is 32.1 Å². The minimum Gasteiger partial charge on any atom is -0.472 e. The molecule has 0 bridgehead atoms. The van der Waals surface area contributed by atoms with Gasteiger partial charge in [0, 0.05) is 35.9 Å². The summed E-state index contributed by atoms with van der Waals surface area (Å²) in [5.74, 6) is 0.393. The van der Waals surface area contributed by atoms with Crippen LogP contribution in [0.1, 0.15) is 90.3 Å². The number of aromatic nitrogens is 4. The van der Waals surface area contributed by atoms with E-state index >= 15 is 0 Å². The van der Waals surface area contributed by atoms with Gasteiger partial charge in [0.1, 0.15) is 47.6 Å². The van der Waals surface area contributed by atoms with E-state index in [1.807, 2.05) is 36.4 Å². The van der Waals surface area contributed by atoms with E-state index in [-0.39, 0.29) is 70.1 Å². The minimum atomic E-state index is -0.357. The van der Waals surface area contributed by atoms with Gasteiger partial charge >= 0.3 is 0 Å². The molecule has 12 nitrogen and oxygen atoms in total. The van der Waals surface area contributed by atoms with Gasteiger partial charge in [-0.3, -0.25) is 19.6 Å². The molecule has 8 rings (SSSR count). The van der Waals surface area contributed by atoms with Crippen molar-refractivity contribution < 1.29 is 28.5 Å². The van der Waals surface area contributed by atoms with Crippen molar-refractivity contribution in [3.05, 3.63) is 151 Å². The molecule has 0 saturated heterocycles. The zero-order valence-electron chi connectivity index (χ0n) is 30.5. The highest BCUT2D eigenvalue weighted by Gasteiger charge is 2.32. The van der Waals surface area contributed by atoms with Gasteiger partial charge in [0.05, 0.1) is 22.3 Å². The Morgan fingerprint density at radius 3 is 1.50 bits per heavy atom. The highest BCUT2D eigenvalue weighted by molar-refractivity contribution is 6.32. The first-order valence-electron chi connectivity index (χ1n) is 18.2. The number of nitrogens with zero attached hydrogens (tertiary/aromatic N) is 6. The Hall–Kier alpha value is -6.86. The lowest BCUT2D eigenvalue weighted by Gasteiger charge is -2.19. The highest BCUT2D eigenvalue weighted by Crippen LogP contribution is 2.46. The van der Waals surface area contributed by atoms with Gasteiger partial charge in [-0.05, 0) is 83.3 Å². The fourth-order valence-electron chi connectivity index (χ4n) is 7.32. The minimum absolute atomic E-state index is 0.0320. The molecular formula is C44H30Cl2N6O6. The summed E-state index contributed by atoms with van der Waals surface area (Å²) in [7, 11) is 0. The average molecular weight is 810 g/mol. The summed E-state index contributed by atoms with van der Waals surface area (Å²) >= 11 is 13.2. The second kappa shape index (κ2) is 16.7. The monoisotopic (exact) mass is 808 g/mol. The number of fused-ring (bicyclic) bond motifs is 2. The first-order valence-corrected chi connectivity index (χ1v) is 18.9. The van der Waals surface area contributed by atoms with Crippen LogP contribution in [0.15, 0.2) is 85.5 Å². The first-order chi connectivity index (χ1) is 28.3. The van der Waals surface area contributed by atoms with Gasteiger partial charge in [-0.15, -0.1) is 0 Å². The van der Waals surface area contributed by atoms with E-state index in [4.69, 9.17) is 42.1 Å². The molecule has 2 atom stereocenters. The molecule has 0 spiro atoms. The van der Waals surface area contributed by atoms with E-state index < -0.39 is 0 Å². The number of carbonyl (C=O) groups excluding carboxylic acids is 2. The van der Waals surface area contributed by atoms with Gasteiger partial charge in [0.2, 0.25) is 23.5 Å². The number of pyridine rings is 4. The van der Waals surface area contributed by atoms with Crippen LogP contribution >= 0.6 is 23.2 Å². The highest BCUT2D eigenvalue weighted by atomic mass is 35.5. The Labute approximate surface area is 342 Å². The third-order valence-corrected chi connectivity index (χ3v) is 10.5. The quantitative estimate of drug-likeness (QED) is 0.102. The Morgan fingerprint density at radius 2 is 1.09 bits per heavy atom. The van der Waals surface area contributed by atoms with Gasteiger partial charge in [0.15, 0.2) is 12.6 Å². The topological polar surface area (TPSA) is 170 Å². The van der Waals surface area contributed by atoms with Crippen molar-refractivity contribution >= 4 is 35.8 Å². The van der Waals surface area contributed by atoms with E-state index in [1.54, 1.807) is 24.5 Å². The fourth-order valence-corrected chi connectivity index (χ4v) is 7.72. The molecule has 2 aromatic carbocycles. The third kappa shape index (κ3) is 7.76. The molecule has 0 N–H and O–H groups in total. The number of hydrogen-bond donors (Lipinski definition) is 0. The van der Waals surface area contributed by atoms with Crippen LogP contribution in [-0.2, 0) is 26.1 Å². The molecule has 58 heavy (non-hydrogen) atoms. The summed E-state index contributed by atoms with van der Waals surface area (Å²) in [4.78, 5) is 40.9. The molecule has 4 heterocycles. The van der Waals surface area contributed by atoms with Crippen molar-refractivity contribution in [2.24, 2.45) is 0 Å². The molecular weight excluding hydrogens is 779 g/mol. The molecule has 4 aromatic heterocycles. The summed E-state index contributed by atoms with van der Waals surface area (Å²) in [5.41, 5.74) is 8.88. The number of aldehydes is 2. The van der Waals surface area contributed by atoms with Crippen LogP contribution in [0.2, 0.25) is 10.0 Å². The lowest BCUT2D eigenvalue weighted by molar-refractivity contribution is 0.110. The SMILES string of the molecule is N#Cc1cncc(COc2nc(O[C@H]3CCc4c(-c5cccc6c5CC[C@@H]6Oc5nc(OCc6cncc(C#N)c6)c(C=O)cc5Cl)cccc43)c(Cl)cc2C=O)c1. The van der Waals surface area contributed by atoms with Crippen molar-refractivity contribution in [2.75, 3.05) is 0 Å². The fraction of sp³-hybridized carbons (Fsp3) is 0.182. The molecule has 0 radical (unpaired) electrons. The molecule has 0 aliphatic heterocycles. The number of nitriles is 2. The first kappa shape index (κ1) is 38.0. The molecule has 2 aliphatic carbocycles. The molecule has 286 valence electrons. The Kier molecular flexibility index (Phi) is 11.0. The number of rotatable bonds is 13. The Bertz CT molecular complexity index is 2500. The van der Waals surface area contributed by atoms with Crippen LogP contribution in [0.25, 0.3) is 11.1 Å². The van der Waals surface area contributed by atoms with E-state index in [9.17, 15) is 20.1 Å². The maximum atomic E-state index is 11.9. The number of carbonyl (C=O) groups is 2. The number of ether oxygens (including phenoxy) is 4. The van der Waals surface area contributed by atoms with E-state index in [0.717, 1.165) is 46.2 Å². The lowest BCUT2D eigenvalue weighted by atomic mass is 9.91. The Morgan fingerprint density at radius 1 is 0.638 bits per heavy atom. The third-order valence-electron chi connectivity index (χ3n) is 9.96. The van der Waals surface area contributed by atoms with Crippen LogP contribution in [0.5, 0.6) is 23.5 Å². The molecule has 0 fully saturated rings. The second-order valence-electron chi connectivity index (χ2n) is 13.6. The predicted molar refractivity (Wildman–Crippen MR) is 211 cm³/mol. The predicted octanol–water partition coefficient (Wildman–Crippen LogP) is 8.90. The molecule has 0 amide bonds. The zero-order valence-corrected chi connectivity index (χ0v) is 32.0. The van der Waals surface area contributed by atoms with Crippen LogP contribution in [-0.4, -0.2) is 32.5 Å². The molecule has 14 heteroatoms. The smallest absolute Gasteiger partial charge is 0.236 e. The normalized spacial score (nSPS) is 15.0. The van der Waals surface area contributed by atoms with Crippen molar-refractivity contribution in [1.82, 2.24) is 19.9 Å². The van der Waals surface area contributed by atoms with Crippen molar-refractivity contribution in [2.45, 2.75) is 51.1 Å². The summed E-state index contributed by atoms with van der Waals surface area (Å²) in [6.07, 6.45) is 9.42. The maximum absolute atomic E-state index is 11.9. The van der Waals surface area contributed by atoms with E-state index in [0.29, 0.717) is 47.7 Å². The maximum Gasteiger partial charge on any atom is 0.236 e. The van der Waals surface area contributed by atoms with Gasteiger partial charge in [-0.2, -0.15) is 20.5 Å². The average Bonchev–Trinajstić information content (AvgIpc) is 3.87. The second-order valence-corrected chi connectivity index (χ2v) is 14.4. The summed E-state index contributed by atoms with van der Waals surface area (Å²) in [5, 5.41) is 18.8. The van der Waals surface area contributed by atoms with Crippen molar-refractivity contribution in [3.8, 4) is 46.8 Å². The Balaban J connectivity index is 1.01. The number of halogens is 2. The van der Waals surface area contributed by atoms with Crippen molar-refractivity contribution in [1.29, 1.82) is 10.5 Å². The number of benzene rings is 2.